The van der Waals surface area contributed by atoms with Gasteiger partial charge in [-0.1, -0.05) is 33.6 Å². The number of benzene rings is 1. The molecule has 0 aliphatic carbocycles. The summed E-state index contributed by atoms with van der Waals surface area (Å²) in [5.74, 6) is 0.732. The monoisotopic (exact) mass is 325 g/mol. The lowest BCUT2D eigenvalue weighted by Gasteiger charge is -2.08. The summed E-state index contributed by atoms with van der Waals surface area (Å²) in [5.41, 5.74) is 2.35. The molecule has 4 heteroatoms. The minimum Gasteiger partial charge on any atom is -0.492 e. The number of pyridine rings is 1. The van der Waals surface area contributed by atoms with Gasteiger partial charge >= 0.3 is 0 Å². The van der Waals surface area contributed by atoms with E-state index in [9.17, 15) is 0 Å². The quantitative estimate of drug-likeness (QED) is 0.766. The molecule has 0 bridgehead atoms. The highest BCUT2D eigenvalue weighted by Crippen LogP contribution is 2.26. The second-order valence-corrected chi connectivity index (χ2v) is 4.82. The molecular weight excluding hydrogens is 314 g/mol. The van der Waals surface area contributed by atoms with E-state index < -0.39 is 0 Å². The maximum atomic E-state index is 6.13. The Morgan fingerprint density at radius 2 is 1.89 bits per heavy atom. The molecule has 0 aliphatic heterocycles. The highest BCUT2D eigenvalue weighted by atomic mass is 79.9. The van der Waals surface area contributed by atoms with Gasteiger partial charge in [0.15, 0.2) is 0 Å². The zero-order chi connectivity index (χ0) is 12.8. The molecule has 1 heterocycles. The molecule has 0 amide bonds. The molecule has 0 unspecified atom stereocenters. The van der Waals surface area contributed by atoms with Crippen LogP contribution in [0, 0.1) is 0 Å². The number of nitrogens with zero attached hydrogens (tertiary/aromatic N) is 1. The van der Waals surface area contributed by atoms with Crippen LogP contribution in [0.15, 0.2) is 42.7 Å². The number of alkyl halides is 1. The third-order valence-corrected chi connectivity index (χ3v) is 3.49. The van der Waals surface area contributed by atoms with Gasteiger partial charge in [-0.3, -0.25) is 4.98 Å². The van der Waals surface area contributed by atoms with E-state index in [0.717, 1.165) is 23.1 Å². The second-order valence-electron chi connectivity index (χ2n) is 3.85. The molecule has 0 atom stereocenters. The van der Waals surface area contributed by atoms with E-state index in [1.54, 1.807) is 12.4 Å². The molecule has 0 aliphatic rings. The van der Waals surface area contributed by atoms with E-state index in [-0.39, 0.29) is 0 Å². The van der Waals surface area contributed by atoms with Gasteiger partial charge in [0.1, 0.15) is 5.75 Å². The van der Waals surface area contributed by atoms with Crippen molar-refractivity contribution >= 4 is 27.5 Å². The SMILES string of the molecule is Clc1cc(CBr)ccc1OCCc1ccncc1. The van der Waals surface area contributed by atoms with Crippen LogP contribution in [0.1, 0.15) is 11.1 Å². The lowest BCUT2D eigenvalue weighted by molar-refractivity contribution is 0.322. The first kappa shape index (κ1) is 13.4. The first-order valence-electron chi connectivity index (χ1n) is 5.65. The van der Waals surface area contributed by atoms with Crippen molar-refractivity contribution in [1.29, 1.82) is 0 Å². The van der Waals surface area contributed by atoms with Crippen LogP contribution in [0.2, 0.25) is 5.02 Å². The zero-order valence-electron chi connectivity index (χ0n) is 9.77. The van der Waals surface area contributed by atoms with E-state index >= 15 is 0 Å². The van der Waals surface area contributed by atoms with Crippen molar-refractivity contribution < 1.29 is 4.74 Å². The minimum absolute atomic E-state index is 0.609. The molecule has 0 saturated heterocycles. The number of ether oxygens (including phenoxy) is 1. The maximum absolute atomic E-state index is 6.13. The van der Waals surface area contributed by atoms with Crippen LogP contribution in [0.25, 0.3) is 0 Å². The highest BCUT2D eigenvalue weighted by Gasteiger charge is 2.02. The second kappa shape index (κ2) is 6.76. The van der Waals surface area contributed by atoms with Crippen molar-refractivity contribution in [2.75, 3.05) is 6.61 Å². The average Bonchev–Trinajstić information content (AvgIpc) is 2.42. The molecule has 2 aromatic rings. The minimum atomic E-state index is 0.609. The summed E-state index contributed by atoms with van der Waals surface area (Å²) in [6, 6.07) is 9.80. The van der Waals surface area contributed by atoms with Gasteiger partial charge in [0.05, 0.1) is 11.6 Å². The van der Waals surface area contributed by atoms with Gasteiger partial charge in [-0.05, 0) is 35.4 Å². The summed E-state index contributed by atoms with van der Waals surface area (Å²) in [6.07, 6.45) is 4.42. The van der Waals surface area contributed by atoms with Gasteiger partial charge in [-0.25, -0.2) is 0 Å². The van der Waals surface area contributed by atoms with Crippen LogP contribution in [-0.2, 0) is 11.8 Å². The van der Waals surface area contributed by atoms with Crippen molar-refractivity contribution in [2.24, 2.45) is 0 Å². The van der Waals surface area contributed by atoms with Gasteiger partial charge in [0.25, 0.3) is 0 Å². The van der Waals surface area contributed by atoms with E-state index in [1.807, 2.05) is 30.3 Å². The predicted molar refractivity (Wildman–Crippen MR) is 77.5 cm³/mol. The van der Waals surface area contributed by atoms with Crippen LogP contribution in [0.3, 0.4) is 0 Å². The van der Waals surface area contributed by atoms with Gasteiger partial charge in [-0.2, -0.15) is 0 Å². The van der Waals surface area contributed by atoms with Crippen LogP contribution in [-0.4, -0.2) is 11.6 Å². The molecule has 0 saturated carbocycles. The molecule has 2 rings (SSSR count). The lowest BCUT2D eigenvalue weighted by atomic mass is 10.2. The van der Waals surface area contributed by atoms with Gasteiger partial charge in [0.2, 0.25) is 0 Å². The van der Waals surface area contributed by atoms with E-state index in [4.69, 9.17) is 16.3 Å². The van der Waals surface area contributed by atoms with Crippen LogP contribution in [0.5, 0.6) is 5.75 Å². The predicted octanol–water partition coefficient (Wildman–Crippen LogP) is 4.25. The van der Waals surface area contributed by atoms with E-state index in [1.165, 1.54) is 5.56 Å². The third kappa shape index (κ3) is 3.72. The van der Waals surface area contributed by atoms with E-state index in [2.05, 4.69) is 20.9 Å². The molecule has 1 aromatic heterocycles. The summed E-state index contributed by atoms with van der Waals surface area (Å²) in [4.78, 5) is 3.98. The Morgan fingerprint density at radius 3 is 2.56 bits per heavy atom. The van der Waals surface area contributed by atoms with E-state index in [0.29, 0.717) is 11.6 Å². The highest BCUT2D eigenvalue weighted by molar-refractivity contribution is 9.08. The first-order chi connectivity index (χ1) is 8.79. The van der Waals surface area contributed by atoms with Crippen LogP contribution in [0.4, 0.5) is 0 Å². The summed E-state index contributed by atoms with van der Waals surface area (Å²) >= 11 is 9.53. The molecule has 0 spiro atoms. The van der Waals surface area contributed by atoms with Crippen LogP contribution >= 0.6 is 27.5 Å². The van der Waals surface area contributed by atoms with Gasteiger partial charge in [0, 0.05) is 24.1 Å². The van der Waals surface area contributed by atoms with Crippen molar-refractivity contribution in [3.63, 3.8) is 0 Å². The largest absolute Gasteiger partial charge is 0.492 e. The Hall–Kier alpha value is -1.06. The summed E-state index contributed by atoms with van der Waals surface area (Å²) in [6.45, 7) is 0.609. The molecule has 0 fully saturated rings. The van der Waals surface area contributed by atoms with Crippen molar-refractivity contribution in [1.82, 2.24) is 4.98 Å². The normalized spacial score (nSPS) is 10.3. The fourth-order valence-electron chi connectivity index (χ4n) is 1.57. The number of rotatable bonds is 5. The summed E-state index contributed by atoms with van der Waals surface area (Å²) in [5, 5.41) is 1.45. The fraction of sp³-hybridized carbons (Fsp3) is 0.214. The lowest BCUT2D eigenvalue weighted by Crippen LogP contribution is -2.01. The van der Waals surface area contributed by atoms with Crippen molar-refractivity contribution in [3.8, 4) is 5.75 Å². The number of hydrogen-bond donors (Lipinski definition) is 0. The topological polar surface area (TPSA) is 22.1 Å². The number of hydrogen-bond acceptors (Lipinski definition) is 2. The third-order valence-electron chi connectivity index (χ3n) is 2.55. The fourth-order valence-corrected chi connectivity index (χ4v) is 2.18. The molecule has 0 radical (unpaired) electrons. The average molecular weight is 327 g/mol. The Balaban J connectivity index is 1.91. The summed E-state index contributed by atoms with van der Waals surface area (Å²) in [7, 11) is 0. The molecule has 2 nitrogen and oxygen atoms in total. The zero-order valence-corrected chi connectivity index (χ0v) is 12.1. The van der Waals surface area contributed by atoms with Gasteiger partial charge < -0.3 is 4.74 Å². The molecule has 94 valence electrons. The standard InChI is InChI=1S/C14H13BrClNO/c15-10-12-1-2-14(13(16)9-12)18-8-5-11-3-6-17-7-4-11/h1-4,6-7,9H,5,8,10H2. The Kier molecular flexibility index (Phi) is 5.02. The Morgan fingerprint density at radius 1 is 1.11 bits per heavy atom. The van der Waals surface area contributed by atoms with Crippen molar-refractivity contribution in [3.05, 3.63) is 58.9 Å². The molecule has 18 heavy (non-hydrogen) atoms. The Bertz CT molecular complexity index is 504. The van der Waals surface area contributed by atoms with Crippen LogP contribution < -0.4 is 4.74 Å². The molecular formula is C14H13BrClNO. The molecule has 1 aromatic carbocycles. The van der Waals surface area contributed by atoms with Gasteiger partial charge in [-0.15, -0.1) is 0 Å². The smallest absolute Gasteiger partial charge is 0.137 e. The number of halogens is 2. The maximum Gasteiger partial charge on any atom is 0.137 e. The Labute approximate surface area is 120 Å². The van der Waals surface area contributed by atoms with Crippen molar-refractivity contribution in [2.45, 2.75) is 11.8 Å². The summed E-state index contributed by atoms with van der Waals surface area (Å²) < 4.78 is 5.67. The number of aromatic nitrogens is 1. The first-order valence-corrected chi connectivity index (χ1v) is 7.15. The molecule has 0 N–H and O–H groups in total.